The lowest BCUT2D eigenvalue weighted by Crippen LogP contribution is -2.23. The molecule has 0 saturated heterocycles. The molecule has 4 heteroatoms. The Kier molecular flexibility index (Phi) is 4.21. The van der Waals surface area contributed by atoms with Gasteiger partial charge in [0.05, 0.1) is 14.2 Å². The van der Waals surface area contributed by atoms with E-state index in [0.29, 0.717) is 27.6 Å². The minimum atomic E-state index is -1.21. The van der Waals surface area contributed by atoms with Gasteiger partial charge < -0.3 is 14.6 Å². The summed E-state index contributed by atoms with van der Waals surface area (Å²) >= 11 is 6.00. The summed E-state index contributed by atoms with van der Waals surface area (Å²) in [7, 11) is 3.15. The first-order chi connectivity index (χ1) is 9.48. The molecule has 0 heterocycles. The van der Waals surface area contributed by atoms with Crippen LogP contribution in [0.25, 0.3) is 0 Å². The zero-order valence-corrected chi connectivity index (χ0v) is 12.4. The summed E-state index contributed by atoms with van der Waals surface area (Å²) in [5.41, 5.74) is 0.152. The van der Waals surface area contributed by atoms with E-state index in [1.807, 2.05) is 12.1 Å². The van der Waals surface area contributed by atoms with Crippen LogP contribution >= 0.6 is 11.6 Å². The maximum absolute atomic E-state index is 10.9. The fraction of sp³-hybridized carbons (Fsp3) is 0.250. The molecule has 0 aliphatic carbocycles. The molecule has 0 aromatic heterocycles. The fourth-order valence-electron chi connectivity index (χ4n) is 2.15. The Labute approximate surface area is 123 Å². The number of ether oxygens (including phenoxy) is 2. The summed E-state index contributed by atoms with van der Waals surface area (Å²) in [6.07, 6.45) is 0. The van der Waals surface area contributed by atoms with Crippen LogP contribution in [0.4, 0.5) is 0 Å². The number of halogens is 1. The summed E-state index contributed by atoms with van der Waals surface area (Å²) < 4.78 is 10.5. The van der Waals surface area contributed by atoms with Gasteiger partial charge in [-0.15, -0.1) is 0 Å². The van der Waals surface area contributed by atoms with Crippen molar-refractivity contribution in [3.05, 3.63) is 58.6 Å². The third-order valence-electron chi connectivity index (χ3n) is 3.32. The Morgan fingerprint density at radius 2 is 1.80 bits per heavy atom. The minimum absolute atomic E-state index is 0.564. The van der Waals surface area contributed by atoms with Gasteiger partial charge in [0.2, 0.25) is 0 Å². The molecular weight excluding hydrogens is 276 g/mol. The van der Waals surface area contributed by atoms with E-state index in [0.717, 1.165) is 0 Å². The van der Waals surface area contributed by atoms with Crippen molar-refractivity contribution in [2.24, 2.45) is 0 Å². The standard InChI is InChI=1S/C16H17ClO3/c1-16(18,11-5-4-6-12(17)9-11)14-8-7-13(19-2)10-15(14)20-3/h4-10,18H,1-3H3. The Hall–Kier alpha value is -1.71. The molecular formula is C16H17ClO3. The van der Waals surface area contributed by atoms with E-state index in [-0.39, 0.29) is 0 Å². The van der Waals surface area contributed by atoms with Crippen LogP contribution in [0, 0.1) is 0 Å². The first kappa shape index (κ1) is 14.7. The van der Waals surface area contributed by atoms with Gasteiger partial charge in [0.15, 0.2) is 0 Å². The van der Waals surface area contributed by atoms with E-state index in [9.17, 15) is 5.11 Å². The Bertz CT molecular complexity index is 608. The minimum Gasteiger partial charge on any atom is -0.497 e. The van der Waals surface area contributed by atoms with Crippen LogP contribution in [0.2, 0.25) is 5.02 Å². The normalized spacial score (nSPS) is 13.7. The molecule has 0 radical (unpaired) electrons. The highest BCUT2D eigenvalue weighted by molar-refractivity contribution is 6.30. The van der Waals surface area contributed by atoms with Gasteiger partial charge in [-0.2, -0.15) is 0 Å². The average Bonchev–Trinajstić information content (AvgIpc) is 2.46. The molecule has 1 atom stereocenters. The highest BCUT2D eigenvalue weighted by atomic mass is 35.5. The van der Waals surface area contributed by atoms with E-state index < -0.39 is 5.60 Å². The van der Waals surface area contributed by atoms with Crippen molar-refractivity contribution in [3.8, 4) is 11.5 Å². The molecule has 20 heavy (non-hydrogen) atoms. The molecule has 2 aromatic carbocycles. The second-order valence-electron chi connectivity index (χ2n) is 4.65. The first-order valence-electron chi connectivity index (χ1n) is 6.20. The SMILES string of the molecule is COc1ccc(C(C)(O)c2cccc(Cl)c2)c(OC)c1. The van der Waals surface area contributed by atoms with Crippen molar-refractivity contribution in [3.63, 3.8) is 0 Å². The third-order valence-corrected chi connectivity index (χ3v) is 3.55. The van der Waals surface area contributed by atoms with Crippen molar-refractivity contribution in [1.82, 2.24) is 0 Å². The summed E-state index contributed by atoms with van der Waals surface area (Å²) in [4.78, 5) is 0. The lowest BCUT2D eigenvalue weighted by molar-refractivity contribution is 0.0989. The highest BCUT2D eigenvalue weighted by Gasteiger charge is 2.29. The quantitative estimate of drug-likeness (QED) is 0.935. The van der Waals surface area contributed by atoms with Crippen molar-refractivity contribution in [2.75, 3.05) is 14.2 Å². The smallest absolute Gasteiger partial charge is 0.128 e. The van der Waals surface area contributed by atoms with Crippen molar-refractivity contribution in [1.29, 1.82) is 0 Å². The van der Waals surface area contributed by atoms with Crippen LogP contribution < -0.4 is 9.47 Å². The predicted molar refractivity (Wildman–Crippen MR) is 79.7 cm³/mol. The van der Waals surface area contributed by atoms with Gasteiger partial charge in [-0.05, 0) is 36.8 Å². The largest absolute Gasteiger partial charge is 0.497 e. The first-order valence-corrected chi connectivity index (χ1v) is 6.57. The summed E-state index contributed by atoms with van der Waals surface area (Å²) in [6, 6.07) is 12.5. The van der Waals surface area contributed by atoms with Gasteiger partial charge in [0.1, 0.15) is 17.1 Å². The molecule has 0 spiro atoms. The topological polar surface area (TPSA) is 38.7 Å². The van der Waals surface area contributed by atoms with E-state index >= 15 is 0 Å². The third kappa shape index (κ3) is 2.74. The Balaban J connectivity index is 2.53. The van der Waals surface area contributed by atoms with Gasteiger partial charge in [0, 0.05) is 16.7 Å². The zero-order chi connectivity index (χ0) is 14.8. The number of hydrogen-bond acceptors (Lipinski definition) is 3. The second kappa shape index (κ2) is 5.73. The van der Waals surface area contributed by atoms with Gasteiger partial charge >= 0.3 is 0 Å². The number of methoxy groups -OCH3 is 2. The number of rotatable bonds is 4. The average molecular weight is 293 g/mol. The van der Waals surface area contributed by atoms with E-state index in [2.05, 4.69) is 0 Å². The maximum atomic E-state index is 10.9. The maximum Gasteiger partial charge on any atom is 0.128 e. The summed E-state index contributed by atoms with van der Waals surface area (Å²) in [6.45, 7) is 1.71. The van der Waals surface area contributed by atoms with Crippen molar-refractivity contribution in [2.45, 2.75) is 12.5 Å². The molecule has 106 valence electrons. The lowest BCUT2D eigenvalue weighted by Gasteiger charge is -2.26. The van der Waals surface area contributed by atoms with E-state index in [1.54, 1.807) is 51.5 Å². The molecule has 0 aliphatic heterocycles. The molecule has 1 N–H and O–H groups in total. The number of aliphatic hydroxyl groups is 1. The summed E-state index contributed by atoms with van der Waals surface area (Å²) in [5.74, 6) is 1.24. The number of hydrogen-bond donors (Lipinski definition) is 1. The number of benzene rings is 2. The fourth-order valence-corrected chi connectivity index (χ4v) is 2.34. The van der Waals surface area contributed by atoms with Crippen molar-refractivity contribution >= 4 is 11.6 Å². The monoisotopic (exact) mass is 292 g/mol. The molecule has 3 nitrogen and oxygen atoms in total. The van der Waals surface area contributed by atoms with Crippen LogP contribution in [0.3, 0.4) is 0 Å². The van der Waals surface area contributed by atoms with Crippen LogP contribution in [0.5, 0.6) is 11.5 Å². The second-order valence-corrected chi connectivity index (χ2v) is 5.09. The van der Waals surface area contributed by atoms with Crippen LogP contribution in [-0.2, 0) is 5.60 Å². The Morgan fingerprint density at radius 3 is 2.40 bits per heavy atom. The lowest BCUT2D eigenvalue weighted by atomic mass is 9.87. The van der Waals surface area contributed by atoms with Gasteiger partial charge in [-0.25, -0.2) is 0 Å². The molecule has 0 saturated carbocycles. The molecule has 2 rings (SSSR count). The summed E-state index contributed by atoms with van der Waals surface area (Å²) in [5, 5.41) is 11.5. The Morgan fingerprint density at radius 1 is 1.05 bits per heavy atom. The van der Waals surface area contributed by atoms with Crippen LogP contribution in [-0.4, -0.2) is 19.3 Å². The highest BCUT2D eigenvalue weighted by Crippen LogP contribution is 2.37. The van der Waals surface area contributed by atoms with Crippen molar-refractivity contribution < 1.29 is 14.6 Å². The van der Waals surface area contributed by atoms with Gasteiger partial charge in [0.25, 0.3) is 0 Å². The molecule has 0 bridgehead atoms. The molecule has 0 aliphatic rings. The van der Waals surface area contributed by atoms with E-state index in [4.69, 9.17) is 21.1 Å². The van der Waals surface area contributed by atoms with E-state index in [1.165, 1.54) is 0 Å². The van der Waals surface area contributed by atoms with Gasteiger partial charge in [-0.1, -0.05) is 23.7 Å². The molecule has 1 unspecified atom stereocenters. The zero-order valence-electron chi connectivity index (χ0n) is 11.7. The predicted octanol–water partition coefficient (Wildman–Crippen LogP) is 3.61. The van der Waals surface area contributed by atoms with Crippen LogP contribution in [0.15, 0.2) is 42.5 Å². The molecule has 2 aromatic rings. The molecule has 0 amide bonds. The van der Waals surface area contributed by atoms with Crippen LogP contribution in [0.1, 0.15) is 18.1 Å². The van der Waals surface area contributed by atoms with Gasteiger partial charge in [-0.3, -0.25) is 0 Å². The molecule has 0 fully saturated rings.